The minimum atomic E-state index is -0.0299. The van der Waals surface area contributed by atoms with Crippen molar-refractivity contribution in [3.05, 3.63) is 112 Å². The van der Waals surface area contributed by atoms with E-state index in [4.69, 9.17) is 9.15 Å². The molecule has 0 amide bonds. The number of para-hydroxylation sites is 1. The summed E-state index contributed by atoms with van der Waals surface area (Å²) < 4.78 is 13.0. The van der Waals surface area contributed by atoms with Crippen LogP contribution in [-0.4, -0.2) is 12.1 Å². The molecule has 4 heteroatoms. The van der Waals surface area contributed by atoms with Crippen molar-refractivity contribution in [3.63, 3.8) is 0 Å². The van der Waals surface area contributed by atoms with Gasteiger partial charge in [-0.1, -0.05) is 58.4 Å². The van der Waals surface area contributed by atoms with Gasteiger partial charge in [0.15, 0.2) is 0 Å². The SMILES string of the molecule is COc1ccccc1-c1ccc(C(c2ccccc2)c2c[nH]c3ccc(Br)cc23)o1. The largest absolute Gasteiger partial charge is 0.496 e. The van der Waals surface area contributed by atoms with Crippen LogP contribution in [0.1, 0.15) is 22.8 Å². The first kappa shape index (κ1) is 18.8. The van der Waals surface area contributed by atoms with Gasteiger partial charge in [0.2, 0.25) is 0 Å². The fraction of sp³-hybridized carbons (Fsp3) is 0.0769. The number of nitrogens with one attached hydrogen (secondary N) is 1. The van der Waals surface area contributed by atoms with Crippen molar-refractivity contribution in [1.29, 1.82) is 0 Å². The normalized spacial score (nSPS) is 12.2. The number of aromatic amines is 1. The summed E-state index contributed by atoms with van der Waals surface area (Å²) >= 11 is 3.61. The van der Waals surface area contributed by atoms with Crippen LogP contribution in [0.15, 0.2) is 100 Å². The van der Waals surface area contributed by atoms with Gasteiger partial charge in [-0.15, -0.1) is 0 Å². The number of rotatable bonds is 5. The first-order chi connectivity index (χ1) is 14.7. The Balaban J connectivity index is 1.67. The molecule has 0 saturated heterocycles. The second-order valence-electron chi connectivity index (χ2n) is 7.18. The van der Waals surface area contributed by atoms with Gasteiger partial charge in [0.25, 0.3) is 0 Å². The zero-order valence-corrected chi connectivity index (χ0v) is 18.0. The van der Waals surface area contributed by atoms with Crippen molar-refractivity contribution >= 4 is 26.8 Å². The van der Waals surface area contributed by atoms with E-state index in [1.54, 1.807) is 7.11 Å². The molecule has 148 valence electrons. The molecule has 0 aliphatic rings. The molecule has 5 aromatic rings. The summed E-state index contributed by atoms with van der Waals surface area (Å²) in [6.45, 7) is 0. The molecular weight excluding hydrogens is 438 g/mol. The highest BCUT2D eigenvalue weighted by molar-refractivity contribution is 9.10. The van der Waals surface area contributed by atoms with Crippen molar-refractivity contribution < 1.29 is 9.15 Å². The maximum Gasteiger partial charge on any atom is 0.138 e. The summed E-state index contributed by atoms with van der Waals surface area (Å²) in [6, 6.07) is 28.8. The van der Waals surface area contributed by atoms with E-state index in [2.05, 4.69) is 69.6 Å². The third kappa shape index (κ3) is 3.33. The third-order valence-corrected chi connectivity index (χ3v) is 5.90. The summed E-state index contributed by atoms with van der Waals surface area (Å²) in [4.78, 5) is 3.41. The average molecular weight is 458 g/mol. The van der Waals surface area contributed by atoms with Crippen LogP contribution in [0.3, 0.4) is 0 Å². The van der Waals surface area contributed by atoms with E-state index in [9.17, 15) is 0 Å². The number of benzene rings is 3. The van der Waals surface area contributed by atoms with Crippen LogP contribution in [0.2, 0.25) is 0 Å². The predicted molar refractivity (Wildman–Crippen MR) is 124 cm³/mol. The minimum absolute atomic E-state index is 0.0299. The maximum absolute atomic E-state index is 6.43. The molecule has 0 saturated carbocycles. The molecule has 0 aliphatic heterocycles. The Kier molecular flexibility index (Phi) is 4.93. The highest BCUT2D eigenvalue weighted by Crippen LogP contribution is 2.40. The molecule has 0 aliphatic carbocycles. The van der Waals surface area contributed by atoms with Gasteiger partial charge in [0, 0.05) is 21.6 Å². The van der Waals surface area contributed by atoms with Gasteiger partial charge in [-0.25, -0.2) is 0 Å². The Hall–Kier alpha value is -3.24. The Bertz CT molecular complexity index is 1300. The standard InChI is InChI=1S/C26H20BrNO2/c1-29-23-10-6-5-9-19(23)24-13-14-25(30-24)26(17-7-3-2-4-8-17)21-16-28-22-12-11-18(27)15-20(21)22/h2-16,26,28H,1H3. The van der Waals surface area contributed by atoms with Crippen LogP contribution in [0.5, 0.6) is 5.75 Å². The van der Waals surface area contributed by atoms with Gasteiger partial charge < -0.3 is 14.1 Å². The molecule has 3 aromatic carbocycles. The van der Waals surface area contributed by atoms with Crippen molar-refractivity contribution in [2.75, 3.05) is 7.11 Å². The molecule has 0 bridgehead atoms. The molecule has 2 aromatic heterocycles. The van der Waals surface area contributed by atoms with Crippen LogP contribution in [0, 0.1) is 0 Å². The van der Waals surface area contributed by atoms with E-state index in [1.165, 1.54) is 16.5 Å². The fourth-order valence-corrected chi connectivity index (χ4v) is 4.36. The average Bonchev–Trinajstić information content (AvgIpc) is 3.43. The van der Waals surface area contributed by atoms with Crippen LogP contribution >= 0.6 is 15.9 Å². The van der Waals surface area contributed by atoms with Crippen molar-refractivity contribution in [2.24, 2.45) is 0 Å². The molecule has 3 nitrogen and oxygen atoms in total. The quantitative estimate of drug-likeness (QED) is 0.298. The molecule has 2 heterocycles. The zero-order valence-electron chi connectivity index (χ0n) is 16.4. The number of hydrogen-bond acceptors (Lipinski definition) is 2. The first-order valence-corrected chi connectivity index (χ1v) is 10.6. The topological polar surface area (TPSA) is 38.2 Å². The van der Waals surface area contributed by atoms with Crippen LogP contribution in [-0.2, 0) is 0 Å². The Morgan fingerprint density at radius 3 is 2.53 bits per heavy atom. The van der Waals surface area contributed by atoms with Crippen LogP contribution in [0.25, 0.3) is 22.2 Å². The Morgan fingerprint density at radius 2 is 1.70 bits per heavy atom. The van der Waals surface area contributed by atoms with E-state index in [1.807, 2.05) is 42.5 Å². The lowest BCUT2D eigenvalue weighted by Gasteiger charge is -2.15. The van der Waals surface area contributed by atoms with Crippen molar-refractivity contribution in [3.8, 4) is 17.1 Å². The molecule has 1 unspecified atom stereocenters. The molecule has 0 spiro atoms. The molecule has 30 heavy (non-hydrogen) atoms. The van der Waals surface area contributed by atoms with Gasteiger partial charge in [-0.2, -0.15) is 0 Å². The highest BCUT2D eigenvalue weighted by atomic mass is 79.9. The number of ether oxygens (including phenoxy) is 1. The monoisotopic (exact) mass is 457 g/mol. The summed E-state index contributed by atoms with van der Waals surface area (Å²) in [5.41, 5.74) is 4.41. The van der Waals surface area contributed by atoms with Crippen LogP contribution in [0.4, 0.5) is 0 Å². The second kappa shape index (κ2) is 7.88. The molecular formula is C26H20BrNO2. The smallest absolute Gasteiger partial charge is 0.138 e. The lowest BCUT2D eigenvalue weighted by atomic mass is 9.89. The molecule has 5 rings (SSSR count). The summed E-state index contributed by atoms with van der Waals surface area (Å²) in [5, 5.41) is 1.17. The lowest BCUT2D eigenvalue weighted by molar-refractivity contribution is 0.414. The van der Waals surface area contributed by atoms with Gasteiger partial charge in [-0.3, -0.25) is 0 Å². The lowest BCUT2D eigenvalue weighted by Crippen LogP contribution is -2.01. The van der Waals surface area contributed by atoms with Gasteiger partial charge >= 0.3 is 0 Å². The maximum atomic E-state index is 6.43. The van der Waals surface area contributed by atoms with Gasteiger partial charge in [-0.05, 0) is 53.6 Å². The number of halogens is 1. The van der Waals surface area contributed by atoms with Crippen molar-refractivity contribution in [2.45, 2.75) is 5.92 Å². The van der Waals surface area contributed by atoms with Crippen LogP contribution < -0.4 is 4.74 Å². The number of methoxy groups -OCH3 is 1. The number of furan rings is 1. The summed E-state index contributed by atoms with van der Waals surface area (Å²) in [7, 11) is 1.68. The molecule has 0 radical (unpaired) electrons. The minimum Gasteiger partial charge on any atom is -0.496 e. The summed E-state index contributed by atoms with van der Waals surface area (Å²) in [6.07, 6.45) is 2.08. The van der Waals surface area contributed by atoms with E-state index in [0.717, 1.165) is 32.8 Å². The first-order valence-electron chi connectivity index (χ1n) is 9.79. The number of fused-ring (bicyclic) bond motifs is 1. The van der Waals surface area contributed by atoms with Gasteiger partial charge in [0.05, 0.1) is 18.6 Å². The third-order valence-electron chi connectivity index (χ3n) is 5.40. The van der Waals surface area contributed by atoms with Crippen molar-refractivity contribution in [1.82, 2.24) is 4.98 Å². The van der Waals surface area contributed by atoms with E-state index in [-0.39, 0.29) is 5.92 Å². The summed E-state index contributed by atoms with van der Waals surface area (Å²) in [5.74, 6) is 2.45. The van der Waals surface area contributed by atoms with E-state index < -0.39 is 0 Å². The van der Waals surface area contributed by atoms with E-state index >= 15 is 0 Å². The predicted octanol–water partition coefficient (Wildman–Crippen LogP) is 7.38. The fourth-order valence-electron chi connectivity index (χ4n) is 4.00. The molecule has 1 N–H and O–H groups in total. The second-order valence-corrected chi connectivity index (χ2v) is 8.10. The number of H-pyrrole nitrogens is 1. The number of aromatic nitrogens is 1. The van der Waals surface area contributed by atoms with Gasteiger partial charge in [0.1, 0.15) is 17.3 Å². The van der Waals surface area contributed by atoms with E-state index in [0.29, 0.717) is 0 Å². The Morgan fingerprint density at radius 1 is 0.900 bits per heavy atom. The zero-order chi connectivity index (χ0) is 20.5. The number of hydrogen-bond donors (Lipinski definition) is 1. The highest BCUT2D eigenvalue weighted by Gasteiger charge is 2.24. The molecule has 1 atom stereocenters. The molecule has 0 fully saturated rings. The Labute approximate surface area is 183 Å².